The first-order chi connectivity index (χ1) is 6.76. The third-order valence-corrected chi connectivity index (χ3v) is 12.0. The van der Waals surface area contributed by atoms with Crippen LogP contribution >= 0.6 is 0 Å². The van der Waals surface area contributed by atoms with Gasteiger partial charge in [-0.1, -0.05) is 0 Å². The van der Waals surface area contributed by atoms with Gasteiger partial charge in [-0.3, -0.25) is 0 Å². The molecule has 0 bridgehead atoms. The molecule has 0 unspecified atom stereocenters. The Morgan fingerprint density at radius 2 is 1.57 bits per heavy atom. The average Bonchev–Trinajstić information content (AvgIpc) is 2.18. The fourth-order valence-corrected chi connectivity index (χ4v) is 10.6. The fourth-order valence-electron chi connectivity index (χ4n) is 1.67. The topological polar surface area (TPSA) is 9.23 Å². The van der Waals surface area contributed by atoms with Crippen molar-refractivity contribution in [1.82, 2.24) is 0 Å². The third-order valence-electron chi connectivity index (χ3n) is 2.60. The van der Waals surface area contributed by atoms with Crippen LogP contribution in [0.25, 0.3) is 0 Å². The van der Waals surface area contributed by atoms with Crippen molar-refractivity contribution in [2.45, 2.75) is 55.3 Å². The van der Waals surface area contributed by atoms with Gasteiger partial charge in [0.15, 0.2) is 0 Å². The van der Waals surface area contributed by atoms with Gasteiger partial charge >= 0.3 is 96.8 Å². The number of hydrogen-bond donors (Lipinski definition) is 0. The summed E-state index contributed by atoms with van der Waals surface area (Å²) in [5.41, 5.74) is 0. The Morgan fingerprint density at radius 1 is 1.07 bits per heavy atom. The van der Waals surface area contributed by atoms with Crippen molar-refractivity contribution < 1.29 is 4.74 Å². The van der Waals surface area contributed by atoms with Crippen LogP contribution in [0.3, 0.4) is 0 Å². The summed E-state index contributed by atoms with van der Waals surface area (Å²) in [7, 11) is 0. The van der Waals surface area contributed by atoms with Gasteiger partial charge < -0.3 is 0 Å². The van der Waals surface area contributed by atoms with Crippen LogP contribution in [-0.2, 0) is 4.74 Å². The van der Waals surface area contributed by atoms with Gasteiger partial charge in [-0.15, -0.1) is 0 Å². The molecule has 0 heterocycles. The zero-order chi connectivity index (χ0) is 10.8. The van der Waals surface area contributed by atoms with Gasteiger partial charge in [-0.25, -0.2) is 0 Å². The van der Waals surface area contributed by atoms with Gasteiger partial charge in [0, 0.05) is 0 Å². The summed E-state index contributed by atoms with van der Waals surface area (Å²) >= 11 is -1.51. The minimum absolute atomic E-state index is 0.810. The molecule has 0 aromatic carbocycles. The van der Waals surface area contributed by atoms with E-state index >= 15 is 0 Å². The standard InChI is InChI=1S/C4H7O.2C4H9.Sn.H/c1-3-5-4-2;2*1-3-4-2;;/h1,4H2,2H3;2*1,3-4H2,2H3;;. The van der Waals surface area contributed by atoms with Crippen molar-refractivity contribution in [3.63, 3.8) is 0 Å². The summed E-state index contributed by atoms with van der Waals surface area (Å²) in [6.07, 6.45) is 5.41. The summed E-state index contributed by atoms with van der Waals surface area (Å²) < 4.78 is 9.73. The first kappa shape index (κ1) is 14.3. The van der Waals surface area contributed by atoms with Crippen molar-refractivity contribution >= 4 is 19.8 Å². The van der Waals surface area contributed by atoms with Crippen LogP contribution in [0.4, 0.5) is 0 Å². The maximum atomic E-state index is 5.60. The normalized spacial score (nSPS) is 10.6. The van der Waals surface area contributed by atoms with E-state index in [1.165, 1.54) is 38.3 Å². The number of hydrogen-bond acceptors (Lipinski definition) is 1. The van der Waals surface area contributed by atoms with Crippen molar-refractivity contribution in [1.29, 1.82) is 0 Å². The molecular formula is C12H26OSn. The van der Waals surface area contributed by atoms with E-state index in [4.69, 9.17) is 4.74 Å². The SMILES string of the molecule is C=[C](OCC)[SnH]([CH2]CCC)[CH2]CCC. The van der Waals surface area contributed by atoms with Gasteiger partial charge in [0.25, 0.3) is 0 Å². The molecule has 84 valence electrons. The first-order valence-electron chi connectivity index (χ1n) is 6.07. The van der Waals surface area contributed by atoms with Crippen LogP contribution in [0.2, 0.25) is 8.87 Å². The summed E-state index contributed by atoms with van der Waals surface area (Å²) in [5.74, 6) is 0. The van der Waals surface area contributed by atoms with E-state index in [-0.39, 0.29) is 0 Å². The monoisotopic (exact) mass is 306 g/mol. The second-order valence-electron chi connectivity index (χ2n) is 3.88. The van der Waals surface area contributed by atoms with Crippen LogP contribution in [0, 0.1) is 0 Å². The number of unbranched alkanes of at least 4 members (excludes halogenated alkanes) is 2. The molecule has 0 atom stereocenters. The maximum absolute atomic E-state index is 5.60. The molecular weight excluding hydrogens is 279 g/mol. The van der Waals surface area contributed by atoms with Crippen LogP contribution in [-0.4, -0.2) is 26.4 Å². The molecule has 0 rings (SSSR count). The molecule has 0 radical (unpaired) electrons. The third kappa shape index (κ3) is 6.74. The van der Waals surface area contributed by atoms with Gasteiger partial charge in [0.05, 0.1) is 0 Å². The number of ether oxygens (including phenoxy) is 1. The number of rotatable bonds is 9. The van der Waals surface area contributed by atoms with E-state index in [0.717, 1.165) is 6.61 Å². The molecule has 0 aliphatic carbocycles. The molecule has 0 aliphatic rings. The molecule has 0 saturated carbocycles. The average molecular weight is 305 g/mol. The van der Waals surface area contributed by atoms with E-state index in [1.807, 2.05) is 0 Å². The van der Waals surface area contributed by atoms with Crippen LogP contribution in [0.15, 0.2) is 10.4 Å². The van der Waals surface area contributed by atoms with Gasteiger partial charge in [-0.2, -0.15) is 0 Å². The molecule has 0 aliphatic heterocycles. The first-order valence-corrected chi connectivity index (χ1v) is 12.4. The zero-order valence-electron chi connectivity index (χ0n) is 10.1. The van der Waals surface area contributed by atoms with Crippen molar-refractivity contribution in [2.75, 3.05) is 6.61 Å². The molecule has 0 amide bonds. The Morgan fingerprint density at radius 3 is 1.93 bits per heavy atom. The van der Waals surface area contributed by atoms with Gasteiger partial charge in [0.2, 0.25) is 0 Å². The Labute approximate surface area is 96.7 Å². The van der Waals surface area contributed by atoms with Crippen LogP contribution in [0.1, 0.15) is 46.5 Å². The molecule has 0 fully saturated rings. The van der Waals surface area contributed by atoms with E-state index in [0.29, 0.717) is 0 Å². The molecule has 2 heteroatoms. The Balaban J connectivity index is 3.88. The summed E-state index contributed by atoms with van der Waals surface area (Å²) in [5, 5.41) is 0. The molecule has 1 nitrogen and oxygen atoms in total. The summed E-state index contributed by atoms with van der Waals surface area (Å²) in [4.78, 5) is 0. The van der Waals surface area contributed by atoms with E-state index < -0.39 is 19.8 Å². The van der Waals surface area contributed by atoms with Crippen molar-refractivity contribution in [2.24, 2.45) is 0 Å². The Bertz CT molecular complexity index is 137. The Kier molecular flexibility index (Phi) is 10.1. The molecule has 0 N–H and O–H groups in total. The van der Waals surface area contributed by atoms with Crippen molar-refractivity contribution in [3.8, 4) is 0 Å². The van der Waals surface area contributed by atoms with E-state index in [1.54, 1.807) is 0 Å². The predicted octanol–water partition coefficient (Wildman–Crippen LogP) is 3.90. The molecule has 0 aromatic heterocycles. The van der Waals surface area contributed by atoms with E-state index in [9.17, 15) is 0 Å². The van der Waals surface area contributed by atoms with Crippen LogP contribution in [0.5, 0.6) is 0 Å². The minimum atomic E-state index is -1.51. The van der Waals surface area contributed by atoms with Gasteiger partial charge in [-0.05, 0) is 0 Å². The summed E-state index contributed by atoms with van der Waals surface area (Å²) in [6.45, 7) is 11.5. The van der Waals surface area contributed by atoms with Crippen molar-refractivity contribution in [3.05, 3.63) is 10.4 Å². The molecule has 14 heavy (non-hydrogen) atoms. The second-order valence-corrected chi connectivity index (χ2v) is 13.0. The van der Waals surface area contributed by atoms with Gasteiger partial charge in [0.1, 0.15) is 0 Å². The summed E-state index contributed by atoms with van der Waals surface area (Å²) in [6, 6.07) is 0. The quantitative estimate of drug-likeness (QED) is 0.464. The second kappa shape index (κ2) is 9.88. The molecule has 0 saturated heterocycles. The van der Waals surface area contributed by atoms with Crippen LogP contribution < -0.4 is 0 Å². The fraction of sp³-hybridized carbons (Fsp3) is 0.833. The Hall–Kier alpha value is 0.339. The predicted molar refractivity (Wildman–Crippen MR) is 67.3 cm³/mol. The molecule has 0 aromatic rings. The zero-order valence-corrected chi connectivity index (χ0v) is 13.4. The van der Waals surface area contributed by atoms with E-state index in [2.05, 4.69) is 27.4 Å². The molecule has 0 spiro atoms.